The standard InChI is InChI=1S/C20H16N2O2S/c23-25(24)20(17-12-6-2-7-13-17)19(16-10-4-1-5-11-16)21-22(25)18-14-8-3-9-15-18/h1-15,20H. The molecule has 0 amide bonds. The summed E-state index contributed by atoms with van der Waals surface area (Å²) in [6, 6.07) is 27.6. The fourth-order valence-electron chi connectivity index (χ4n) is 2.98. The molecule has 0 saturated heterocycles. The van der Waals surface area contributed by atoms with Crippen LogP contribution < -0.4 is 4.41 Å². The molecule has 5 heteroatoms. The van der Waals surface area contributed by atoms with Crippen molar-refractivity contribution in [2.24, 2.45) is 5.10 Å². The Morgan fingerprint density at radius 1 is 0.720 bits per heavy atom. The van der Waals surface area contributed by atoms with Crippen molar-refractivity contribution < 1.29 is 8.42 Å². The van der Waals surface area contributed by atoms with E-state index in [1.807, 2.05) is 66.7 Å². The Morgan fingerprint density at radius 3 is 1.84 bits per heavy atom. The maximum absolute atomic E-state index is 13.3. The summed E-state index contributed by atoms with van der Waals surface area (Å²) < 4.78 is 27.7. The summed E-state index contributed by atoms with van der Waals surface area (Å²) >= 11 is 0. The van der Waals surface area contributed by atoms with Crippen LogP contribution in [-0.2, 0) is 10.0 Å². The first-order chi connectivity index (χ1) is 12.2. The van der Waals surface area contributed by atoms with Gasteiger partial charge < -0.3 is 0 Å². The summed E-state index contributed by atoms with van der Waals surface area (Å²) in [5.74, 6) is 0. The van der Waals surface area contributed by atoms with Gasteiger partial charge in [-0.15, -0.1) is 0 Å². The molecule has 25 heavy (non-hydrogen) atoms. The number of hydrazone groups is 1. The normalized spacial score (nSPS) is 18.8. The summed E-state index contributed by atoms with van der Waals surface area (Å²) in [5, 5.41) is 3.68. The Morgan fingerprint density at radius 2 is 1.24 bits per heavy atom. The molecule has 3 aromatic rings. The first kappa shape index (κ1) is 15.6. The number of sulfonamides is 1. The van der Waals surface area contributed by atoms with Crippen molar-refractivity contribution >= 4 is 21.4 Å². The lowest BCUT2D eigenvalue weighted by atomic mass is 10.0. The molecular weight excluding hydrogens is 332 g/mol. The van der Waals surface area contributed by atoms with Gasteiger partial charge in [-0.1, -0.05) is 78.9 Å². The number of anilines is 1. The molecule has 0 bridgehead atoms. The number of rotatable bonds is 3. The average molecular weight is 348 g/mol. The number of hydrogen-bond donors (Lipinski definition) is 0. The van der Waals surface area contributed by atoms with Gasteiger partial charge in [0.05, 0.1) is 11.4 Å². The Kier molecular flexibility index (Phi) is 3.86. The molecular formula is C20H16N2O2S. The number of benzene rings is 3. The third-order valence-corrected chi connectivity index (χ3v) is 6.00. The molecule has 0 radical (unpaired) electrons. The van der Waals surface area contributed by atoms with Crippen LogP contribution in [0.4, 0.5) is 5.69 Å². The fraction of sp³-hybridized carbons (Fsp3) is 0.0500. The highest BCUT2D eigenvalue weighted by molar-refractivity contribution is 7.94. The van der Waals surface area contributed by atoms with E-state index >= 15 is 0 Å². The highest BCUT2D eigenvalue weighted by atomic mass is 32.2. The average Bonchev–Trinajstić information content (AvgIpc) is 2.95. The Balaban J connectivity index is 1.91. The van der Waals surface area contributed by atoms with Crippen LogP contribution >= 0.6 is 0 Å². The van der Waals surface area contributed by atoms with Crippen LogP contribution in [0.1, 0.15) is 16.4 Å². The van der Waals surface area contributed by atoms with Crippen LogP contribution in [0.5, 0.6) is 0 Å². The Labute approximate surface area is 147 Å². The van der Waals surface area contributed by atoms with E-state index in [1.165, 1.54) is 0 Å². The van der Waals surface area contributed by atoms with Crippen molar-refractivity contribution in [3.8, 4) is 0 Å². The molecule has 0 N–H and O–H groups in total. The molecule has 1 atom stereocenters. The number of para-hydroxylation sites is 1. The highest BCUT2D eigenvalue weighted by Gasteiger charge is 2.44. The second-order valence-corrected chi connectivity index (χ2v) is 7.61. The molecule has 4 rings (SSSR count). The molecule has 0 aromatic heterocycles. The van der Waals surface area contributed by atoms with Gasteiger partial charge in [0.2, 0.25) is 0 Å². The van der Waals surface area contributed by atoms with Gasteiger partial charge in [0.1, 0.15) is 0 Å². The van der Waals surface area contributed by atoms with E-state index in [4.69, 9.17) is 0 Å². The molecule has 0 aliphatic carbocycles. The maximum Gasteiger partial charge on any atom is 0.267 e. The van der Waals surface area contributed by atoms with Crippen LogP contribution in [0.2, 0.25) is 0 Å². The van der Waals surface area contributed by atoms with Crippen molar-refractivity contribution in [3.63, 3.8) is 0 Å². The van der Waals surface area contributed by atoms with E-state index in [1.54, 1.807) is 24.3 Å². The minimum atomic E-state index is -3.70. The van der Waals surface area contributed by atoms with Gasteiger partial charge in [-0.2, -0.15) is 9.52 Å². The summed E-state index contributed by atoms with van der Waals surface area (Å²) in [4.78, 5) is 0. The molecule has 0 spiro atoms. The third-order valence-electron chi connectivity index (χ3n) is 4.13. The topological polar surface area (TPSA) is 49.7 Å². The zero-order valence-electron chi connectivity index (χ0n) is 13.4. The quantitative estimate of drug-likeness (QED) is 0.719. The second kappa shape index (κ2) is 6.18. The van der Waals surface area contributed by atoms with Gasteiger partial charge in [-0.3, -0.25) is 0 Å². The Hall–Kier alpha value is -2.92. The van der Waals surface area contributed by atoms with Crippen LogP contribution in [0.25, 0.3) is 0 Å². The lowest BCUT2D eigenvalue weighted by Gasteiger charge is -2.17. The molecule has 1 aliphatic heterocycles. The van der Waals surface area contributed by atoms with Crippen LogP contribution in [-0.4, -0.2) is 14.1 Å². The van der Waals surface area contributed by atoms with E-state index in [0.717, 1.165) is 9.98 Å². The van der Waals surface area contributed by atoms with E-state index < -0.39 is 15.3 Å². The van der Waals surface area contributed by atoms with Crippen molar-refractivity contribution in [2.75, 3.05) is 4.41 Å². The van der Waals surface area contributed by atoms with Gasteiger partial charge in [0.15, 0.2) is 5.25 Å². The monoisotopic (exact) mass is 348 g/mol. The van der Waals surface area contributed by atoms with Crippen molar-refractivity contribution in [1.29, 1.82) is 0 Å². The first-order valence-electron chi connectivity index (χ1n) is 7.96. The summed E-state index contributed by atoms with van der Waals surface area (Å²) in [5.41, 5.74) is 2.59. The third kappa shape index (κ3) is 2.72. The minimum Gasteiger partial charge on any atom is -0.204 e. The molecule has 3 aromatic carbocycles. The van der Waals surface area contributed by atoms with Gasteiger partial charge in [0.25, 0.3) is 10.0 Å². The summed E-state index contributed by atoms with van der Waals surface area (Å²) in [6.45, 7) is 0. The van der Waals surface area contributed by atoms with Gasteiger partial charge in [-0.05, 0) is 23.3 Å². The minimum absolute atomic E-state index is 0.536. The molecule has 1 unspecified atom stereocenters. The molecule has 4 nitrogen and oxygen atoms in total. The van der Waals surface area contributed by atoms with E-state index in [9.17, 15) is 8.42 Å². The van der Waals surface area contributed by atoms with E-state index in [2.05, 4.69) is 5.10 Å². The lowest BCUT2D eigenvalue weighted by Crippen LogP contribution is -2.26. The smallest absolute Gasteiger partial charge is 0.204 e. The molecule has 0 saturated carbocycles. The maximum atomic E-state index is 13.3. The van der Waals surface area contributed by atoms with E-state index in [0.29, 0.717) is 17.0 Å². The van der Waals surface area contributed by atoms with Crippen LogP contribution in [0.3, 0.4) is 0 Å². The van der Waals surface area contributed by atoms with Crippen molar-refractivity contribution in [3.05, 3.63) is 102 Å². The van der Waals surface area contributed by atoms with Crippen LogP contribution in [0.15, 0.2) is 96.1 Å². The zero-order chi connectivity index (χ0) is 17.3. The van der Waals surface area contributed by atoms with Crippen molar-refractivity contribution in [2.45, 2.75) is 5.25 Å². The predicted octanol–water partition coefficient (Wildman–Crippen LogP) is 3.98. The Bertz CT molecular complexity index is 1000. The van der Waals surface area contributed by atoms with Gasteiger partial charge >= 0.3 is 0 Å². The molecule has 124 valence electrons. The fourth-order valence-corrected chi connectivity index (χ4v) is 4.77. The lowest BCUT2D eigenvalue weighted by molar-refractivity contribution is 0.592. The van der Waals surface area contributed by atoms with Crippen molar-refractivity contribution in [1.82, 2.24) is 0 Å². The SMILES string of the molecule is O=S1(=O)C(c2ccccc2)C(c2ccccc2)=NN1c1ccccc1. The highest BCUT2D eigenvalue weighted by Crippen LogP contribution is 2.38. The largest absolute Gasteiger partial charge is 0.267 e. The first-order valence-corrected chi connectivity index (χ1v) is 9.46. The second-order valence-electron chi connectivity index (χ2n) is 5.77. The molecule has 1 aliphatic rings. The predicted molar refractivity (Wildman–Crippen MR) is 100 cm³/mol. The van der Waals surface area contributed by atoms with E-state index in [-0.39, 0.29) is 0 Å². The summed E-state index contributed by atoms with van der Waals surface area (Å²) in [6.07, 6.45) is 0. The molecule has 0 fully saturated rings. The van der Waals surface area contributed by atoms with Crippen LogP contribution in [0, 0.1) is 0 Å². The number of hydrogen-bond acceptors (Lipinski definition) is 3. The van der Waals surface area contributed by atoms with Gasteiger partial charge in [-0.25, -0.2) is 8.42 Å². The number of nitrogens with zero attached hydrogens (tertiary/aromatic N) is 2. The summed E-state index contributed by atoms with van der Waals surface area (Å²) in [7, 11) is -3.70. The zero-order valence-corrected chi connectivity index (χ0v) is 14.2. The molecule has 1 heterocycles. The van der Waals surface area contributed by atoms with Gasteiger partial charge in [0, 0.05) is 0 Å².